The normalized spacial score (nSPS) is 19.1. The molecule has 0 N–H and O–H groups in total. The fraction of sp³-hybridized carbons (Fsp3) is 0.455. The zero-order chi connectivity index (χ0) is 10.2. The summed E-state index contributed by atoms with van der Waals surface area (Å²) in [5.41, 5.74) is 2.84. The van der Waals surface area contributed by atoms with Gasteiger partial charge in [-0.15, -0.1) is 0 Å². The molecule has 1 heterocycles. The van der Waals surface area contributed by atoms with Gasteiger partial charge in [0, 0.05) is 10.2 Å². The van der Waals surface area contributed by atoms with E-state index in [0.29, 0.717) is 0 Å². The van der Waals surface area contributed by atoms with Crippen LogP contribution < -0.4 is 0 Å². The smallest absolute Gasteiger partial charge is 0.0593 e. The van der Waals surface area contributed by atoms with E-state index in [2.05, 4.69) is 53.7 Å². The van der Waals surface area contributed by atoms with Crippen molar-refractivity contribution in [1.29, 1.82) is 0 Å². The number of hydrogen-bond acceptors (Lipinski definition) is 2. The molecule has 1 fully saturated rings. The molecule has 0 saturated carbocycles. The lowest BCUT2D eigenvalue weighted by Crippen LogP contribution is -2.48. The van der Waals surface area contributed by atoms with Crippen LogP contribution in [0.3, 0.4) is 0 Å². The molecule has 1 aliphatic rings. The molecular formula is C11H13BrOS. The van der Waals surface area contributed by atoms with Crippen molar-refractivity contribution < 1.29 is 4.74 Å². The van der Waals surface area contributed by atoms with E-state index in [1.54, 1.807) is 0 Å². The third-order valence-corrected chi connectivity index (χ3v) is 3.93. The lowest BCUT2D eigenvalue weighted by Gasteiger charge is -2.41. The van der Waals surface area contributed by atoms with E-state index >= 15 is 0 Å². The Hall–Kier alpha value is 0.01000. The van der Waals surface area contributed by atoms with Gasteiger partial charge in [-0.05, 0) is 30.2 Å². The summed E-state index contributed by atoms with van der Waals surface area (Å²) in [6, 6.07) is 6.40. The van der Waals surface area contributed by atoms with Gasteiger partial charge in [-0.3, -0.25) is 0 Å². The van der Waals surface area contributed by atoms with Gasteiger partial charge in [0.1, 0.15) is 0 Å². The Morgan fingerprint density at radius 1 is 1.50 bits per heavy atom. The van der Waals surface area contributed by atoms with E-state index in [0.717, 1.165) is 23.4 Å². The molecular weight excluding hydrogens is 260 g/mol. The second-order valence-corrected chi connectivity index (χ2v) is 5.12. The Kier molecular flexibility index (Phi) is 2.91. The predicted molar refractivity (Wildman–Crippen MR) is 65.2 cm³/mol. The molecule has 76 valence electrons. The van der Waals surface area contributed by atoms with Gasteiger partial charge >= 0.3 is 0 Å². The molecule has 1 saturated heterocycles. The first-order valence-corrected chi connectivity index (χ1v) is 6.06. The van der Waals surface area contributed by atoms with Crippen LogP contribution in [0.2, 0.25) is 0 Å². The molecule has 1 aromatic carbocycles. The lowest BCUT2D eigenvalue weighted by molar-refractivity contribution is -0.0474. The molecule has 0 bridgehead atoms. The fourth-order valence-corrected chi connectivity index (χ4v) is 2.56. The third kappa shape index (κ3) is 1.62. The third-order valence-electron chi connectivity index (χ3n) is 2.83. The molecule has 0 aliphatic carbocycles. The standard InChI is InChI=1S/C11H13BrOS/c1-8-2-3-9(12)4-10(8)11(7-14)5-13-6-11/h2-4,14H,5-7H2,1H3. The largest absolute Gasteiger partial charge is 0.379 e. The van der Waals surface area contributed by atoms with Gasteiger partial charge in [0.2, 0.25) is 0 Å². The van der Waals surface area contributed by atoms with Crippen LogP contribution in [0.25, 0.3) is 0 Å². The second kappa shape index (κ2) is 3.87. The molecule has 0 radical (unpaired) electrons. The van der Waals surface area contributed by atoms with Crippen molar-refractivity contribution in [3.8, 4) is 0 Å². The van der Waals surface area contributed by atoms with Crippen LogP contribution in [0.4, 0.5) is 0 Å². The Labute approximate surface area is 98.4 Å². The van der Waals surface area contributed by atoms with Gasteiger partial charge in [-0.25, -0.2) is 0 Å². The molecule has 1 aliphatic heterocycles. The summed E-state index contributed by atoms with van der Waals surface area (Å²) in [6.07, 6.45) is 0. The van der Waals surface area contributed by atoms with Crippen LogP contribution in [-0.4, -0.2) is 19.0 Å². The molecule has 0 atom stereocenters. The molecule has 0 unspecified atom stereocenters. The average molecular weight is 273 g/mol. The zero-order valence-electron chi connectivity index (χ0n) is 8.09. The number of benzene rings is 1. The highest BCUT2D eigenvalue weighted by atomic mass is 79.9. The number of hydrogen-bond donors (Lipinski definition) is 1. The second-order valence-electron chi connectivity index (χ2n) is 3.89. The van der Waals surface area contributed by atoms with E-state index in [9.17, 15) is 0 Å². The van der Waals surface area contributed by atoms with E-state index in [-0.39, 0.29) is 5.41 Å². The molecule has 0 aromatic heterocycles. The minimum Gasteiger partial charge on any atom is -0.379 e. The summed E-state index contributed by atoms with van der Waals surface area (Å²) < 4.78 is 6.44. The van der Waals surface area contributed by atoms with Crippen LogP contribution in [0.15, 0.2) is 22.7 Å². The number of ether oxygens (including phenoxy) is 1. The summed E-state index contributed by atoms with van der Waals surface area (Å²) in [5.74, 6) is 0.851. The maximum Gasteiger partial charge on any atom is 0.0593 e. The summed E-state index contributed by atoms with van der Waals surface area (Å²) in [6.45, 7) is 3.74. The predicted octanol–water partition coefficient (Wildman–Crippen LogP) is 2.96. The molecule has 14 heavy (non-hydrogen) atoms. The lowest BCUT2D eigenvalue weighted by atomic mass is 9.78. The van der Waals surface area contributed by atoms with Crippen molar-refractivity contribution in [2.24, 2.45) is 0 Å². The van der Waals surface area contributed by atoms with E-state index < -0.39 is 0 Å². The fourth-order valence-electron chi connectivity index (χ4n) is 1.85. The summed E-state index contributed by atoms with van der Waals surface area (Å²) in [5, 5.41) is 0. The van der Waals surface area contributed by atoms with Crippen LogP contribution >= 0.6 is 28.6 Å². The van der Waals surface area contributed by atoms with E-state index in [1.165, 1.54) is 11.1 Å². The molecule has 3 heteroatoms. The average Bonchev–Trinajstić information content (AvgIpc) is 2.10. The quantitative estimate of drug-likeness (QED) is 0.815. The number of thiol groups is 1. The highest BCUT2D eigenvalue weighted by Gasteiger charge is 2.40. The van der Waals surface area contributed by atoms with Crippen molar-refractivity contribution in [3.05, 3.63) is 33.8 Å². The first-order chi connectivity index (χ1) is 6.68. The molecule has 0 spiro atoms. The van der Waals surface area contributed by atoms with Crippen LogP contribution in [-0.2, 0) is 10.2 Å². The summed E-state index contributed by atoms with van der Waals surface area (Å²) in [7, 11) is 0. The van der Waals surface area contributed by atoms with Crippen LogP contribution in [0.1, 0.15) is 11.1 Å². The van der Waals surface area contributed by atoms with Gasteiger partial charge in [0.25, 0.3) is 0 Å². The molecule has 1 nitrogen and oxygen atoms in total. The van der Waals surface area contributed by atoms with Crippen molar-refractivity contribution in [2.75, 3.05) is 19.0 Å². The number of aryl methyl sites for hydroxylation is 1. The maximum absolute atomic E-state index is 5.31. The Morgan fingerprint density at radius 2 is 2.21 bits per heavy atom. The van der Waals surface area contributed by atoms with Gasteiger partial charge < -0.3 is 4.74 Å². The Bertz CT molecular complexity index is 342. The van der Waals surface area contributed by atoms with Crippen molar-refractivity contribution in [1.82, 2.24) is 0 Å². The SMILES string of the molecule is Cc1ccc(Br)cc1C1(CS)COC1. The highest BCUT2D eigenvalue weighted by Crippen LogP contribution is 2.36. The van der Waals surface area contributed by atoms with Crippen molar-refractivity contribution in [3.63, 3.8) is 0 Å². The van der Waals surface area contributed by atoms with E-state index in [4.69, 9.17) is 4.74 Å². The van der Waals surface area contributed by atoms with Crippen LogP contribution in [0.5, 0.6) is 0 Å². The van der Waals surface area contributed by atoms with Crippen molar-refractivity contribution in [2.45, 2.75) is 12.3 Å². The van der Waals surface area contributed by atoms with Crippen molar-refractivity contribution >= 4 is 28.6 Å². The maximum atomic E-state index is 5.31. The van der Waals surface area contributed by atoms with Gasteiger partial charge in [-0.1, -0.05) is 22.0 Å². The molecule has 0 amide bonds. The summed E-state index contributed by atoms with van der Waals surface area (Å²) >= 11 is 7.94. The first kappa shape index (κ1) is 10.5. The summed E-state index contributed by atoms with van der Waals surface area (Å²) in [4.78, 5) is 0. The number of halogens is 1. The minimum absolute atomic E-state index is 0.150. The Morgan fingerprint density at radius 3 is 2.71 bits per heavy atom. The van der Waals surface area contributed by atoms with Gasteiger partial charge in [0.05, 0.1) is 18.6 Å². The Balaban J connectivity index is 2.43. The van der Waals surface area contributed by atoms with Gasteiger partial charge in [0.15, 0.2) is 0 Å². The zero-order valence-corrected chi connectivity index (χ0v) is 10.6. The first-order valence-electron chi connectivity index (χ1n) is 4.63. The van der Waals surface area contributed by atoms with Gasteiger partial charge in [-0.2, -0.15) is 12.6 Å². The highest BCUT2D eigenvalue weighted by molar-refractivity contribution is 9.10. The molecule has 2 rings (SSSR count). The van der Waals surface area contributed by atoms with E-state index in [1.807, 2.05) is 0 Å². The topological polar surface area (TPSA) is 9.23 Å². The minimum atomic E-state index is 0.150. The monoisotopic (exact) mass is 272 g/mol. The van der Waals surface area contributed by atoms with Crippen LogP contribution in [0, 0.1) is 6.92 Å². The molecule has 1 aromatic rings. The number of rotatable bonds is 2.